The average molecular weight is 439 g/mol. The number of nitrogens with zero attached hydrogens (tertiary/aromatic N) is 1. The van der Waals surface area contributed by atoms with Crippen LogP contribution in [-0.2, 0) is 23.9 Å². The molecule has 0 aromatic heterocycles. The molecule has 12 heteroatoms. The minimum Gasteiger partial charge on any atom is -0.465 e. The van der Waals surface area contributed by atoms with Gasteiger partial charge in [0.25, 0.3) is 5.91 Å². The number of fused-ring (bicyclic) bond motifs is 1. The molecule has 164 valence electrons. The summed E-state index contributed by atoms with van der Waals surface area (Å²) >= 11 is 1.54. The van der Waals surface area contributed by atoms with E-state index in [1.54, 1.807) is 36.9 Å². The zero-order valence-corrected chi connectivity index (χ0v) is 17.3. The Morgan fingerprint density at radius 2 is 2.13 bits per heavy atom. The molecule has 6 N–H and O–H groups in total. The van der Waals surface area contributed by atoms with Gasteiger partial charge in [-0.25, -0.2) is 0 Å². The highest BCUT2D eigenvalue weighted by Crippen LogP contribution is 2.36. The second kappa shape index (κ2) is 11.4. The molecule has 1 unspecified atom stereocenters. The molecular weight excluding hydrogens is 414 g/mol. The molecule has 0 bridgehead atoms. The van der Waals surface area contributed by atoms with E-state index in [4.69, 9.17) is 10.5 Å². The lowest BCUT2D eigenvalue weighted by molar-refractivity contribution is -0.143. The van der Waals surface area contributed by atoms with Crippen LogP contribution in [0.3, 0.4) is 0 Å². The van der Waals surface area contributed by atoms with Crippen LogP contribution in [0.2, 0.25) is 0 Å². The Bertz CT molecular complexity index is 805. The van der Waals surface area contributed by atoms with Crippen molar-refractivity contribution in [2.45, 2.75) is 30.7 Å². The maximum atomic E-state index is 12.4. The van der Waals surface area contributed by atoms with E-state index in [9.17, 15) is 24.4 Å². The Kier molecular flexibility index (Phi) is 8.89. The first-order valence-corrected chi connectivity index (χ1v) is 10.3. The van der Waals surface area contributed by atoms with Gasteiger partial charge in [0.05, 0.1) is 24.7 Å². The number of ether oxygens (including phenoxy) is 1. The van der Waals surface area contributed by atoms with Gasteiger partial charge < -0.3 is 26.4 Å². The van der Waals surface area contributed by atoms with Gasteiger partial charge in [-0.3, -0.25) is 24.4 Å². The van der Waals surface area contributed by atoms with Gasteiger partial charge in [-0.2, -0.15) is 5.06 Å². The Labute approximate surface area is 177 Å². The predicted octanol–water partition coefficient (Wildman–Crippen LogP) is -0.213. The number of nitrogens with two attached hydrogens (primary N) is 1. The number of carbonyl (C=O) groups excluding carboxylic acids is 4. The van der Waals surface area contributed by atoms with E-state index in [0.29, 0.717) is 16.6 Å². The first-order valence-electron chi connectivity index (χ1n) is 9.31. The minimum atomic E-state index is -1.10. The van der Waals surface area contributed by atoms with E-state index >= 15 is 0 Å². The van der Waals surface area contributed by atoms with Gasteiger partial charge in [-0.05, 0) is 31.5 Å². The molecule has 2 rings (SSSR count). The van der Waals surface area contributed by atoms with E-state index in [-0.39, 0.29) is 32.5 Å². The second-order valence-corrected chi connectivity index (χ2v) is 7.25. The number of amides is 3. The minimum absolute atomic E-state index is 0.0997. The smallest absolute Gasteiger partial charge is 0.325 e. The fourth-order valence-corrected chi connectivity index (χ4v) is 3.52. The van der Waals surface area contributed by atoms with Gasteiger partial charge in [0, 0.05) is 17.0 Å². The first kappa shape index (κ1) is 23.4. The molecule has 1 aromatic rings. The standard InChI is InChI=1S/C18H25N5O6S/c1-2-29-17(26)9-20-18(27)13(22-15(24)8-19)5-6-16(25)23(28)11-3-4-12-14(7-11)30-10-21-12/h3-4,7,13,21,28H,2,5-6,8-10,19H2,1H3,(H,20,27)(H,22,24). The number of hydrogen-bond acceptors (Lipinski definition) is 9. The Morgan fingerprint density at radius 3 is 2.83 bits per heavy atom. The fraction of sp³-hybridized carbons (Fsp3) is 0.444. The maximum absolute atomic E-state index is 12.4. The number of anilines is 2. The van der Waals surface area contributed by atoms with Crippen LogP contribution in [-0.4, -0.2) is 60.5 Å². The normalized spacial score (nSPS) is 12.9. The van der Waals surface area contributed by atoms with Gasteiger partial charge >= 0.3 is 5.97 Å². The van der Waals surface area contributed by atoms with Crippen molar-refractivity contribution in [3.8, 4) is 0 Å². The monoisotopic (exact) mass is 439 g/mol. The summed E-state index contributed by atoms with van der Waals surface area (Å²) in [5.41, 5.74) is 6.49. The third kappa shape index (κ3) is 6.61. The molecule has 1 aliphatic heterocycles. The lowest BCUT2D eigenvalue weighted by Gasteiger charge is -2.20. The van der Waals surface area contributed by atoms with Crippen molar-refractivity contribution >= 4 is 46.8 Å². The van der Waals surface area contributed by atoms with Crippen LogP contribution in [0.1, 0.15) is 19.8 Å². The number of esters is 1. The van der Waals surface area contributed by atoms with Crippen LogP contribution in [0.5, 0.6) is 0 Å². The summed E-state index contributed by atoms with van der Waals surface area (Å²) < 4.78 is 4.72. The summed E-state index contributed by atoms with van der Waals surface area (Å²) in [5.74, 6) is -1.83. The highest BCUT2D eigenvalue weighted by molar-refractivity contribution is 7.99. The lowest BCUT2D eigenvalue weighted by atomic mass is 10.1. The van der Waals surface area contributed by atoms with E-state index in [1.807, 2.05) is 0 Å². The topological polar surface area (TPSA) is 163 Å². The molecule has 1 aliphatic rings. The van der Waals surface area contributed by atoms with Crippen molar-refractivity contribution in [2.75, 3.05) is 36.0 Å². The molecule has 1 aromatic carbocycles. The molecule has 30 heavy (non-hydrogen) atoms. The van der Waals surface area contributed by atoms with Crippen molar-refractivity contribution < 1.29 is 29.1 Å². The predicted molar refractivity (Wildman–Crippen MR) is 110 cm³/mol. The lowest BCUT2D eigenvalue weighted by Crippen LogP contribution is -2.50. The third-order valence-corrected chi connectivity index (χ3v) is 5.07. The zero-order chi connectivity index (χ0) is 22.1. The largest absolute Gasteiger partial charge is 0.465 e. The van der Waals surface area contributed by atoms with Crippen molar-refractivity contribution in [3.63, 3.8) is 0 Å². The highest BCUT2D eigenvalue weighted by atomic mass is 32.2. The second-order valence-electron chi connectivity index (χ2n) is 6.24. The SMILES string of the molecule is CCOC(=O)CNC(=O)C(CCC(=O)N(O)c1ccc2c(c1)SCN2)NC(=O)CN. The molecule has 1 heterocycles. The summed E-state index contributed by atoms with van der Waals surface area (Å²) in [6, 6.07) is 3.92. The number of rotatable bonds is 10. The fourth-order valence-electron chi connectivity index (χ4n) is 2.63. The molecule has 0 aliphatic carbocycles. The molecule has 0 saturated heterocycles. The summed E-state index contributed by atoms with van der Waals surface area (Å²) in [6.07, 6.45) is -0.334. The van der Waals surface area contributed by atoms with E-state index < -0.39 is 29.7 Å². The molecule has 0 radical (unpaired) electrons. The summed E-state index contributed by atoms with van der Waals surface area (Å²) in [5, 5.41) is 18.6. The Morgan fingerprint density at radius 1 is 1.37 bits per heavy atom. The number of nitrogens with one attached hydrogen (secondary N) is 3. The average Bonchev–Trinajstić information content (AvgIpc) is 3.21. The number of benzene rings is 1. The van der Waals surface area contributed by atoms with Crippen LogP contribution in [0.15, 0.2) is 23.1 Å². The van der Waals surface area contributed by atoms with Gasteiger partial charge in [0.1, 0.15) is 12.6 Å². The summed E-state index contributed by atoms with van der Waals surface area (Å²) in [6.45, 7) is 1.08. The van der Waals surface area contributed by atoms with Gasteiger partial charge in [-0.15, -0.1) is 11.8 Å². The van der Waals surface area contributed by atoms with Crippen LogP contribution >= 0.6 is 11.8 Å². The molecule has 3 amide bonds. The molecule has 0 saturated carbocycles. The van der Waals surface area contributed by atoms with Crippen molar-refractivity contribution in [3.05, 3.63) is 18.2 Å². The molecule has 0 fully saturated rings. The van der Waals surface area contributed by atoms with Gasteiger partial charge in [0.2, 0.25) is 11.8 Å². The van der Waals surface area contributed by atoms with E-state index in [1.165, 1.54) is 0 Å². The molecular formula is C18H25N5O6S. The zero-order valence-electron chi connectivity index (χ0n) is 16.5. The van der Waals surface area contributed by atoms with Gasteiger partial charge in [-0.1, -0.05) is 0 Å². The van der Waals surface area contributed by atoms with Crippen LogP contribution < -0.4 is 26.7 Å². The maximum Gasteiger partial charge on any atom is 0.325 e. The number of hydrogen-bond donors (Lipinski definition) is 5. The quantitative estimate of drug-likeness (QED) is 0.188. The van der Waals surface area contributed by atoms with Gasteiger partial charge in [0.15, 0.2) is 0 Å². The summed E-state index contributed by atoms with van der Waals surface area (Å²) in [4.78, 5) is 48.6. The Balaban J connectivity index is 1.95. The Hall–Kier alpha value is -2.83. The summed E-state index contributed by atoms with van der Waals surface area (Å²) in [7, 11) is 0. The highest BCUT2D eigenvalue weighted by Gasteiger charge is 2.24. The van der Waals surface area contributed by atoms with Crippen molar-refractivity contribution in [1.29, 1.82) is 0 Å². The number of hydroxylamine groups is 1. The molecule has 11 nitrogen and oxygen atoms in total. The van der Waals surface area contributed by atoms with E-state index in [2.05, 4.69) is 16.0 Å². The van der Waals surface area contributed by atoms with E-state index in [0.717, 1.165) is 10.6 Å². The van der Waals surface area contributed by atoms with Crippen LogP contribution in [0, 0.1) is 0 Å². The van der Waals surface area contributed by atoms with Crippen molar-refractivity contribution in [1.82, 2.24) is 10.6 Å². The van der Waals surface area contributed by atoms with Crippen molar-refractivity contribution in [2.24, 2.45) is 5.73 Å². The number of carbonyl (C=O) groups is 4. The molecule has 1 atom stereocenters. The first-order chi connectivity index (χ1) is 14.3. The van der Waals surface area contributed by atoms with Crippen LogP contribution in [0.4, 0.5) is 11.4 Å². The molecule has 0 spiro atoms. The van der Waals surface area contributed by atoms with Crippen LogP contribution in [0.25, 0.3) is 0 Å². The third-order valence-electron chi connectivity index (χ3n) is 4.13. The number of thioether (sulfide) groups is 1.